The van der Waals surface area contributed by atoms with E-state index < -0.39 is 0 Å². The van der Waals surface area contributed by atoms with Crippen molar-refractivity contribution in [2.24, 2.45) is 10.9 Å². The first-order valence-corrected chi connectivity index (χ1v) is 6.15. The molecule has 0 aliphatic rings. The smallest absolute Gasteiger partial charge is 0.171 e. The Balaban J connectivity index is 3.04. The molecule has 1 atom stereocenters. The molecule has 0 amide bonds. The lowest BCUT2D eigenvalue weighted by Crippen LogP contribution is -2.14. The molecule has 1 rings (SSSR count). The monoisotopic (exact) mass is 259 g/mol. The van der Waals surface area contributed by atoms with Crippen molar-refractivity contribution in [3.63, 3.8) is 0 Å². The van der Waals surface area contributed by atoms with Crippen molar-refractivity contribution in [3.8, 4) is 0 Å². The summed E-state index contributed by atoms with van der Waals surface area (Å²) in [5.74, 6) is -0.00148. The number of rotatable bonds is 4. The Morgan fingerprint density at radius 1 is 1.75 bits per heavy atom. The average molecular weight is 260 g/mol. The Morgan fingerprint density at radius 2 is 2.44 bits per heavy atom. The number of amidine groups is 1. The van der Waals surface area contributed by atoms with Crippen molar-refractivity contribution in [2.45, 2.75) is 30.5 Å². The number of aromatic nitrogens is 1. The summed E-state index contributed by atoms with van der Waals surface area (Å²) in [7, 11) is 0. The van der Waals surface area contributed by atoms with Gasteiger partial charge in [-0.1, -0.05) is 30.6 Å². The molecule has 1 aromatic heterocycles. The molecule has 0 aromatic carbocycles. The molecular weight excluding hydrogens is 246 g/mol. The lowest BCUT2D eigenvalue weighted by atomic mass is 10.2. The molecule has 0 saturated carbocycles. The number of hydrogen-bond donors (Lipinski definition) is 2. The van der Waals surface area contributed by atoms with E-state index in [1.807, 2.05) is 0 Å². The molecule has 0 radical (unpaired) electrons. The minimum atomic E-state index is -0.00148. The fourth-order valence-electron chi connectivity index (χ4n) is 1.03. The average Bonchev–Trinajstić information content (AvgIpc) is 2.30. The van der Waals surface area contributed by atoms with Crippen LogP contribution in [0.5, 0.6) is 0 Å². The van der Waals surface area contributed by atoms with Gasteiger partial charge in [0.15, 0.2) is 5.84 Å². The van der Waals surface area contributed by atoms with Crippen molar-refractivity contribution in [1.29, 1.82) is 0 Å². The fraction of sp³-hybridized carbons (Fsp3) is 0.400. The lowest BCUT2D eigenvalue weighted by Gasteiger charge is -2.10. The molecule has 3 N–H and O–H groups in total. The number of thioether (sulfide) groups is 1. The van der Waals surface area contributed by atoms with Crippen LogP contribution in [0.2, 0.25) is 5.02 Å². The van der Waals surface area contributed by atoms with E-state index in [1.54, 1.807) is 24.0 Å². The summed E-state index contributed by atoms with van der Waals surface area (Å²) in [5.41, 5.74) is 6.01. The molecule has 0 aliphatic heterocycles. The molecule has 1 heterocycles. The van der Waals surface area contributed by atoms with Crippen molar-refractivity contribution < 1.29 is 5.21 Å². The zero-order chi connectivity index (χ0) is 12.1. The fourth-order valence-corrected chi connectivity index (χ4v) is 2.26. The number of nitrogens with zero attached hydrogens (tertiary/aromatic N) is 2. The highest BCUT2D eigenvalue weighted by Crippen LogP contribution is 2.31. The third kappa shape index (κ3) is 3.02. The van der Waals surface area contributed by atoms with E-state index in [1.165, 1.54) is 0 Å². The standard InChI is InChI=1S/C10H14ClN3OS/c1-3-6(2)16-10-8(11)7(4-5-13-10)9(12)14-15/h4-6,15H,3H2,1-2H3,(H2,12,14). The molecule has 0 fully saturated rings. The predicted molar refractivity (Wildman–Crippen MR) is 67.4 cm³/mol. The normalized spacial score (nSPS) is 13.8. The number of nitrogens with two attached hydrogens (primary N) is 1. The number of hydrogen-bond acceptors (Lipinski definition) is 4. The quantitative estimate of drug-likeness (QED) is 0.287. The molecule has 4 nitrogen and oxygen atoms in total. The Morgan fingerprint density at radius 3 is 3.00 bits per heavy atom. The molecule has 88 valence electrons. The summed E-state index contributed by atoms with van der Waals surface area (Å²) in [6.07, 6.45) is 2.63. The van der Waals surface area contributed by atoms with Gasteiger partial charge in [0.2, 0.25) is 0 Å². The van der Waals surface area contributed by atoms with E-state index in [-0.39, 0.29) is 5.84 Å². The van der Waals surface area contributed by atoms with Gasteiger partial charge in [0, 0.05) is 17.0 Å². The second kappa shape index (κ2) is 5.96. The highest BCUT2D eigenvalue weighted by molar-refractivity contribution is 7.99. The summed E-state index contributed by atoms with van der Waals surface area (Å²) in [4.78, 5) is 4.18. The van der Waals surface area contributed by atoms with Crippen molar-refractivity contribution in [1.82, 2.24) is 4.98 Å². The zero-order valence-corrected chi connectivity index (χ0v) is 10.7. The summed E-state index contributed by atoms with van der Waals surface area (Å²) in [6.45, 7) is 4.19. The second-order valence-corrected chi connectivity index (χ2v) is 5.10. The van der Waals surface area contributed by atoms with E-state index in [9.17, 15) is 0 Å². The van der Waals surface area contributed by atoms with Gasteiger partial charge >= 0.3 is 0 Å². The van der Waals surface area contributed by atoms with E-state index in [4.69, 9.17) is 22.5 Å². The maximum absolute atomic E-state index is 8.61. The molecule has 0 saturated heterocycles. The first kappa shape index (κ1) is 13.1. The van der Waals surface area contributed by atoms with Gasteiger partial charge in [0.25, 0.3) is 0 Å². The Hall–Kier alpha value is -0.940. The van der Waals surface area contributed by atoms with Gasteiger partial charge in [-0.2, -0.15) is 0 Å². The van der Waals surface area contributed by atoms with E-state index >= 15 is 0 Å². The van der Waals surface area contributed by atoms with Crippen LogP contribution in [0.4, 0.5) is 0 Å². The van der Waals surface area contributed by atoms with Crippen LogP contribution in [0.15, 0.2) is 22.4 Å². The molecular formula is C10H14ClN3OS. The van der Waals surface area contributed by atoms with Gasteiger partial charge in [0.1, 0.15) is 5.03 Å². The van der Waals surface area contributed by atoms with Crippen LogP contribution in [0, 0.1) is 0 Å². The van der Waals surface area contributed by atoms with E-state index in [0.717, 1.165) is 6.42 Å². The van der Waals surface area contributed by atoms with Gasteiger partial charge in [-0.15, -0.1) is 11.8 Å². The van der Waals surface area contributed by atoms with Crippen molar-refractivity contribution in [3.05, 3.63) is 22.8 Å². The van der Waals surface area contributed by atoms with E-state index in [0.29, 0.717) is 20.9 Å². The van der Waals surface area contributed by atoms with Crippen LogP contribution >= 0.6 is 23.4 Å². The Labute approximate surface area is 104 Å². The number of pyridine rings is 1. The molecule has 1 aromatic rings. The molecule has 1 unspecified atom stereocenters. The minimum absolute atomic E-state index is 0.00148. The lowest BCUT2D eigenvalue weighted by molar-refractivity contribution is 0.318. The van der Waals surface area contributed by atoms with Gasteiger partial charge in [-0.05, 0) is 12.5 Å². The van der Waals surface area contributed by atoms with Crippen molar-refractivity contribution in [2.75, 3.05) is 0 Å². The SMILES string of the molecule is CCC(C)Sc1nccc(/C(N)=N/O)c1Cl. The van der Waals surface area contributed by atoms with Gasteiger partial charge in [-0.3, -0.25) is 0 Å². The van der Waals surface area contributed by atoms with Gasteiger partial charge in [-0.25, -0.2) is 4.98 Å². The third-order valence-electron chi connectivity index (χ3n) is 2.13. The minimum Gasteiger partial charge on any atom is -0.409 e. The molecule has 6 heteroatoms. The number of halogens is 1. The summed E-state index contributed by atoms with van der Waals surface area (Å²) in [5, 5.41) is 13.1. The van der Waals surface area contributed by atoms with E-state index in [2.05, 4.69) is 24.0 Å². The number of oxime groups is 1. The summed E-state index contributed by atoms with van der Waals surface area (Å²) in [6, 6.07) is 1.62. The molecule has 0 bridgehead atoms. The second-order valence-electron chi connectivity index (χ2n) is 3.30. The Kier molecular flexibility index (Phi) is 4.89. The first-order valence-electron chi connectivity index (χ1n) is 4.89. The molecule has 16 heavy (non-hydrogen) atoms. The summed E-state index contributed by atoms with van der Waals surface area (Å²) >= 11 is 7.71. The summed E-state index contributed by atoms with van der Waals surface area (Å²) < 4.78 is 0. The Bertz CT molecular complexity index is 398. The molecule has 0 spiro atoms. The van der Waals surface area contributed by atoms with Crippen LogP contribution in [-0.4, -0.2) is 21.3 Å². The third-order valence-corrected chi connectivity index (χ3v) is 3.89. The van der Waals surface area contributed by atoms with Crippen LogP contribution in [0.25, 0.3) is 0 Å². The first-order chi connectivity index (χ1) is 7.60. The van der Waals surface area contributed by atoms with Crippen LogP contribution < -0.4 is 5.73 Å². The van der Waals surface area contributed by atoms with Crippen LogP contribution in [0.1, 0.15) is 25.8 Å². The van der Waals surface area contributed by atoms with Crippen LogP contribution in [-0.2, 0) is 0 Å². The maximum atomic E-state index is 8.61. The largest absolute Gasteiger partial charge is 0.409 e. The topological polar surface area (TPSA) is 71.5 Å². The highest BCUT2D eigenvalue weighted by atomic mass is 35.5. The predicted octanol–water partition coefficient (Wildman–Crippen LogP) is 2.72. The van der Waals surface area contributed by atoms with Crippen LogP contribution in [0.3, 0.4) is 0 Å². The highest BCUT2D eigenvalue weighted by Gasteiger charge is 2.13. The van der Waals surface area contributed by atoms with Crippen molar-refractivity contribution >= 4 is 29.2 Å². The zero-order valence-electron chi connectivity index (χ0n) is 9.14. The van der Waals surface area contributed by atoms with Gasteiger partial charge < -0.3 is 10.9 Å². The maximum Gasteiger partial charge on any atom is 0.171 e. The van der Waals surface area contributed by atoms with Gasteiger partial charge in [0.05, 0.1) is 5.02 Å². The molecule has 0 aliphatic carbocycles.